The first kappa shape index (κ1) is 25.6. The van der Waals surface area contributed by atoms with Gasteiger partial charge in [0.2, 0.25) is 0 Å². The first-order chi connectivity index (χ1) is 17.0. The molecule has 0 saturated carbocycles. The highest BCUT2D eigenvalue weighted by Gasteiger charge is 2.21. The summed E-state index contributed by atoms with van der Waals surface area (Å²) in [6.45, 7) is 14.2. The van der Waals surface area contributed by atoms with E-state index in [4.69, 9.17) is 21.3 Å². The van der Waals surface area contributed by atoms with Crippen LogP contribution in [0.3, 0.4) is 0 Å². The molecule has 0 saturated heterocycles. The third-order valence-electron chi connectivity index (χ3n) is 6.02. The number of hydrogen-bond acceptors (Lipinski definition) is 5. The summed E-state index contributed by atoms with van der Waals surface area (Å²) in [5.41, 5.74) is 5.81. The summed E-state index contributed by atoms with van der Waals surface area (Å²) in [6, 6.07) is 11.8. The molecule has 0 N–H and O–H groups in total. The lowest BCUT2D eigenvalue weighted by Crippen LogP contribution is -2.24. The van der Waals surface area contributed by atoms with E-state index in [0.29, 0.717) is 45.7 Å². The Balaban J connectivity index is 1.75. The number of nitrogens with zero attached hydrogens (tertiary/aromatic N) is 4. The lowest BCUT2D eigenvalue weighted by atomic mass is 9.95. The molecular formula is C29H31ClN4O2. The second-order valence-corrected chi connectivity index (χ2v) is 10.6. The maximum absolute atomic E-state index is 13.5. The molecule has 1 aromatic carbocycles. The number of ether oxygens (including phenoxy) is 1. The van der Waals surface area contributed by atoms with E-state index in [1.807, 2.05) is 51.1 Å². The van der Waals surface area contributed by atoms with Crippen molar-refractivity contribution in [1.29, 1.82) is 0 Å². The van der Waals surface area contributed by atoms with Gasteiger partial charge in [0.25, 0.3) is 5.56 Å². The lowest BCUT2D eigenvalue weighted by Gasteiger charge is -2.19. The van der Waals surface area contributed by atoms with Crippen LogP contribution < -0.4 is 10.3 Å². The third-order valence-corrected chi connectivity index (χ3v) is 6.32. The summed E-state index contributed by atoms with van der Waals surface area (Å²) in [4.78, 5) is 27.3. The van der Waals surface area contributed by atoms with Crippen molar-refractivity contribution in [3.63, 3.8) is 0 Å². The van der Waals surface area contributed by atoms with Crippen LogP contribution in [0, 0.1) is 27.7 Å². The van der Waals surface area contributed by atoms with Gasteiger partial charge in [0.05, 0.1) is 27.7 Å². The van der Waals surface area contributed by atoms with E-state index in [1.165, 1.54) is 0 Å². The van der Waals surface area contributed by atoms with Crippen molar-refractivity contribution in [3.8, 4) is 22.8 Å². The molecule has 3 heterocycles. The fourth-order valence-electron chi connectivity index (χ4n) is 4.00. The predicted molar refractivity (Wildman–Crippen MR) is 144 cm³/mol. The maximum Gasteiger partial charge on any atom is 0.261 e. The Morgan fingerprint density at radius 2 is 1.75 bits per heavy atom. The molecule has 36 heavy (non-hydrogen) atoms. The summed E-state index contributed by atoms with van der Waals surface area (Å²) >= 11 is 6.57. The standard InChI is InChI=1S/C29H31ClN4O2/c1-17-9-8-10-21(11-17)16-36-25-12-19(3)34(27(35)20(25)4)24-13-23(31-15-22(24)30)26-18(2)14-32-28(33-26)29(5,6)7/h8-15H,16H2,1-7H3. The van der Waals surface area contributed by atoms with Gasteiger partial charge in [0.1, 0.15) is 18.2 Å². The van der Waals surface area contributed by atoms with Gasteiger partial charge in [0.15, 0.2) is 0 Å². The molecule has 0 atom stereocenters. The van der Waals surface area contributed by atoms with Crippen molar-refractivity contribution in [3.05, 3.63) is 97.9 Å². The van der Waals surface area contributed by atoms with Gasteiger partial charge in [-0.25, -0.2) is 9.97 Å². The summed E-state index contributed by atoms with van der Waals surface area (Å²) in [5.74, 6) is 1.28. The number of benzene rings is 1. The molecule has 0 fully saturated rings. The average Bonchev–Trinajstić information content (AvgIpc) is 2.81. The SMILES string of the molecule is Cc1cccc(COc2cc(C)n(-c3cc(-c4nc(C(C)(C)C)ncc4C)ncc3Cl)c(=O)c2C)c1. The third kappa shape index (κ3) is 5.19. The number of aromatic nitrogens is 4. The quantitative estimate of drug-likeness (QED) is 0.313. The fraction of sp³-hybridized carbons (Fsp3) is 0.310. The summed E-state index contributed by atoms with van der Waals surface area (Å²) in [6.07, 6.45) is 3.37. The van der Waals surface area contributed by atoms with E-state index in [-0.39, 0.29) is 11.0 Å². The highest BCUT2D eigenvalue weighted by molar-refractivity contribution is 6.32. The van der Waals surface area contributed by atoms with E-state index in [1.54, 1.807) is 23.9 Å². The van der Waals surface area contributed by atoms with Crippen LogP contribution in [-0.4, -0.2) is 19.5 Å². The monoisotopic (exact) mass is 502 g/mol. The smallest absolute Gasteiger partial charge is 0.261 e. The van der Waals surface area contributed by atoms with E-state index in [0.717, 1.165) is 22.5 Å². The van der Waals surface area contributed by atoms with Gasteiger partial charge in [0, 0.05) is 29.6 Å². The molecule has 3 aromatic heterocycles. The minimum absolute atomic E-state index is 0.192. The molecule has 0 aliphatic carbocycles. The lowest BCUT2D eigenvalue weighted by molar-refractivity contribution is 0.302. The Morgan fingerprint density at radius 1 is 1.00 bits per heavy atom. The van der Waals surface area contributed by atoms with Crippen molar-refractivity contribution in [2.24, 2.45) is 0 Å². The normalized spacial score (nSPS) is 11.6. The van der Waals surface area contributed by atoms with Crippen molar-refractivity contribution >= 4 is 11.6 Å². The number of aryl methyl sites for hydroxylation is 3. The summed E-state index contributed by atoms with van der Waals surface area (Å²) < 4.78 is 7.64. The van der Waals surface area contributed by atoms with Crippen molar-refractivity contribution in [1.82, 2.24) is 19.5 Å². The molecule has 0 unspecified atom stereocenters. The molecule has 0 spiro atoms. The Hall–Kier alpha value is -3.51. The number of halogens is 1. The molecule has 0 radical (unpaired) electrons. The molecule has 7 heteroatoms. The van der Waals surface area contributed by atoms with Crippen LogP contribution in [-0.2, 0) is 12.0 Å². The van der Waals surface area contributed by atoms with E-state index >= 15 is 0 Å². The first-order valence-electron chi connectivity index (χ1n) is 11.9. The van der Waals surface area contributed by atoms with Crippen LogP contribution >= 0.6 is 11.6 Å². The highest BCUT2D eigenvalue weighted by atomic mass is 35.5. The van der Waals surface area contributed by atoms with E-state index in [2.05, 4.69) is 36.8 Å². The van der Waals surface area contributed by atoms with Crippen LogP contribution in [0.1, 0.15) is 54.5 Å². The van der Waals surface area contributed by atoms with E-state index < -0.39 is 0 Å². The molecule has 0 amide bonds. The Bertz CT molecular complexity index is 1500. The molecule has 6 nitrogen and oxygen atoms in total. The van der Waals surface area contributed by atoms with Gasteiger partial charge in [-0.05, 0) is 44.9 Å². The second kappa shape index (κ2) is 9.86. The van der Waals surface area contributed by atoms with Gasteiger partial charge in [-0.1, -0.05) is 62.2 Å². The Morgan fingerprint density at radius 3 is 2.44 bits per heavy atom. The number of hydrogen-bond donors (Lipinski definition) is 0. The van der Waals surface area contributed by atoms with Gasteiger partial charge in [-0.2, -0.15) is 0 Å². The number of rotatable bonds is 5. The summed E-state index contributed by atoms with van der Waals surface area (Å²) in [7, 11) is 0. The molecule has 4 aromatic rings. The zero-order valence-corrected chi connectivity index (χ0v) is 22.6. The Labute approximate surface area is 217 Å². The number of pyridine rings is 2. The van der Waals surface area contributed by atoms with Gasteiger partial charge < -0.3 is 4.74 Å². The molecule has 0 bridgehead atoms. The summed E-state index contributed by atoms with van der Waals surface area (Å²) in [5, 5.41) is 0.375. The first-order valence-corrected chi connectivity index (χ1v) is 12.3. The minimum Gasteiger partial charge on any atom is -0.488 e. The second-order valence-electron chi connectivity index (χ2n) is 10.2. The molecule has 4 rings (SSSR count). The van der Waals surface area contributed by atoms with Gasteiger partial charge in [-0.15, -0.1) is 0 Å². The van der Waals surface area contributed by atoms with Gasteiger partial charge in [-0.3, -0.25) is 14.3 Å². The maximum atomic E-state index is 13.5. The van der Waals surface area contributed by atoms with Gasteiger partial charge >= 0.3 is 0 Å². The predicted octanol–water partition coefficient (Wildman–Crippen LogP) is 6.45. The topological polar surface area (TPSA) is 69.9 Å². The zero-order valence-electron chi connectivity index (χ0n) is 21.8. The van der Waals surface area contributed by atoms with Crippen LogP contribution in [0.2, 0.25) is 5.02 Å². The molecular weight excluding hydrogens is 472 g/mol. The van der Waals surface area contributed by atoms with Crippen molar-refractivity contribution in [2.45, 2.75) is 60.5 Å². The molecule has 0 aliphatic rings. The van der Waals surface area contributed by atoms with Crippen LogP contribution in [0.5, 0.6) is 5.75 Å². The van der Waals surface area contributed by atoms with Crippen molar-refractivity contribution < 1.29 is 4.74 Å². The van der Waals surface area contributed by atoms with Crippen molar-refractivity contribution in [2.75, 3.05) is 0 Å². The minimum atomic E-state index is -0.212. The average molecular weight is 503 g/mol. The molecule has 0 aliphatic heterocycles. The van der Waals surface area contributed by atoms with Crippen LogP contribution in [0.15, 0.2) is 53.6 Å². The highest BCUT2D eigenvalue weighted by Crippen LogP contribution is 2.29. The Kier molecular flexibility index (Phi) is 7.01. The zero-order chi connectivity index (χ0) is 26.2. The van der Waals surface area contributed by atoms with E-state index in [9.17, 15) is 4.79 Å². The fourth-order valence-corrected chi connectivity index (χ4v) is 4.19. The van der Waals surface area contributed by atoms with Crippen LogP contribution in [0.4, 0.5) is 0 Å². The largest absolute Gasteiger partial charge is 0.488 e. The molecule has 186 valence electrons. The van der Waals surface area contributed by atoms with Crippen LogP contribution in [0.25, 0.3) is 17.1 Å².